The summed E-state index contributed by atoms with van der Waals surface area (Å²) in [7, 11) is 0. The SMILES string of the molecule is Oc1ccc(CCc2cncnc2)cc1. The number of hydrogen-bond acceptors (Lipinski definition) is 3. The van der Waals surface area contributed by atoms with E-state index in [0.717, 1.165) is 18.4 Å². The highest BCUT2D eigenvalue weighted by Crippen LogP contribution is 2.11. The zero-order valence-corrected chi connectivity index (χ0v) is 8.30. The van der Waals surface area contributed by atoms with Gasteiger partial charge in [0.15, 0.2) is 0 Å². The molecule has 1 aromatic heterocycles. The summed E-state index contributed by atoms with van der Waals surface area (Å²) in [5.74, 6) is 0.307. The van der Waals surface area contributed by atoms with Gasteiger partial charge in [-0.25, -0.2) is 9.97 Å². The van der Waals surface area contributed by atoms with Crippen molar-refractivity contribution in [3.05, 3.63) is 54.1 Å². The molecule has 0 atom stereocenters. The molecular weight excluding hydrogens is 188 g/mol. The van der Waals surface area contributed by atoms with E-state index in [1.165, 1.54) is 11.9 Å². The largest absolute Gasteiger partial charge is 0.508 e. The number of benzene rings is 1. The third-order valence-corrected chi connectivity index (χ3v) is 2.25. The van der Waals surface area contributed by atoms with Crippen LogP contribution in [0, 0.1) is 0 Å². The van der Waals surface area contributed by atoms with Gasteiger partial charge in [0.2, 0.25) is 0 Å². The lowest BCUT2D eigenvalue weighted by Crippen LogP contribution is -1.92. The van der Waals surface area contributed by atoms with Crippen LogP contribution in [0.25, 0.3) is 0 Å². The number of aryl methyl sites for hydroxylation is 2. The van der Waals surface area contributed by atoms with Gasteiger partial charge in [0.1, 0.15) is 12.1 Å². The molecule has 15 heavy (non-hydrogen) atoms. The minimum atomic E-state index is 0.307. The van der Waals surface area contributed by atoms with Gasteiger partial charge in [0.25, 0.3) is 0 Å². The molecule has 0 fully saturated rings. The van der Waals surface area contributed by atoms with E-state index < -0.39 is 0 Å². The zero-order chi connectivity index (χ0) is 10.5. The molecule has 3 heteroatoms. The molecule has 1 aromatic carbocycles. The van der Waals surface area contributed by atoms with Crippen LogP contribution in [0.4, 0.5) is 0 Å². The second-order valence-electron chi connectivity index (χ2n) is 3.41. The van der Waals surface area contributed by atoms with Gasteiger partial charge in [-0.3, -0.25) is 0 Å². The van der Waals surface area contributed by atoms with E-state index in [2.05, 4.69) is 9.97 Å². The average Bonchev–Trinajstić information content (AvgIpc) is 2.30. The van der Waals surface area contributed by atoms with Gasteiger partial charge >= 0.3 is 0 Å². The van der Waals surface area contributed by atoms with Crippen molar-refractivity contribution in [2.75, 3.05) is 0 Å². The summed E-state index contributed by atoms with van der Waals surface area (Å²) in [5.41, 5.74) is 2.34. The molecule has 2 aromatic rings. The van der Waals surface area contributed by atoms with Crippen LogP contribution in [0.3, 0.4) is 0 Å². The molecule has 0 aliphatic heterocycles. The molecule has 0 amide bonds. The van der Waals surface area contributed by atoms with E-state index in [1.54, 1.807) is 12.1 Å². The first-order valence-corrected chi connectivity index (χ1v) is 4.86. The molecule has 0 unspecified atom stereocenters. The van der Waals surface area contributed by atoms with Crippen LogP contribution in [0.2, 0.25) is 0 Å². The zero-order valence-electron chi connectivity index (χ0n) is 8.30. The van der Waals surface area contributed by atoms with Crippen molar-refractivity contribution in [3.8, 4) is 5.75 Å². The number of phenolic OH excluding ortho intramolecular Hbond substituents is 1. The summed E-state index contributed by atoms with van der Waals surface area (Å²) in [6.45, 7) is 0. The quantitative estimate of drug-likeness (QED) is 0.823. The maximum Gasteiger partial charge on any atom is 0.115 e. The van der Waals surface area contributed by atoms with E-state index in [0.29, 0.717) is 5.75 Å². The topological polar surface area (TPSA) is 46.0 Å². The molecule has 2 rings (SSSR count). The highest BCUT2D eigenvalue weighted by molar-refractivity contribution is 5.26. The molecule has 3 nitrogen and oxygen atoms in total. The fourth-order valence-electron chi connectivity index (χ4n) is 1.41. The Morgan fingerprint density at radius 3 is 2.13 bits per heavy atom. The van der Waals surface area contributed by atoms with E-state index in [4.69, 9.17) is 5.11 Å². The lowest BCUT2D eigenvalue weighted by atomic mass is 10.1. The van der Waals surface area contributed by atoms with Crippen molar-refractivity contribution >= 4 is 0 Å². The molecule has 0 aliphatic carbocycles. The average molecular weight is 200 g/mol. The van der Waals surface area contributed by atoms with Crippen LogP contribution in [0.5, 0.6) is 5.75 Å². The summed E-state index contributed by atoms with van der Waals surface area (Å²) in [6.07, 6.45) is 7.05. The highest BCUT2D eigenvalue weighted by atomic mass is 16.3. The second-order valence-corrected chi connectivity index (χ2v) is 3.41. The summed E-state index contributed by atoms with van der Waals surface area (Å²) in [6, 6.07) is 7.27. The van der Waals surface area contributed by atoms with Crippen molar-refractivity contribution in [1.29, 1.82) is 0 Å². The monoisotopic (exact) mass is 200 g/mol. The smallest absolute Gasteiger partial charge is 0.115 e. The highest BCUT2D eigenvalue weighted by Gasteiger charge is 1.96. The van der Waals surface area contributed by atoms with Gasteiger partial charge in [0, 0.05) is 12.4 Å². The Bertz CT molecular complexity index is 411. The van der Waals surface area contributed by atoms with E-state index in [9.17, 15) is 0 Å². The van der Waals surface area contributed by atoms with Crippen LogP contribution in [-0.2, 0) is 12.8 Å². The van der Waals surface area contributed by atoms with Gasteiger partial charge in [-0.15, -0.1) is 0 Å². The Balaban J connectivity index is 1.96. The summed E-state index contributed by atoms with van der Waals surface area (Å²) < 4.78 is 0. The molecular formula is C12H12N2O. The number of aromatic nitrogens is 2. The molecule has 1 heterocycles. The number of nitrogens with zero attached hydrogens (tertiary/aromatic N) is 2. The Morgan fingerprint density at radius 1 is 0.867 bits per heavy atom. The molecule has 1 N–H and O–H groups in total. The van der Waals surface area contributed by atoms with E-state index in [1.807, 2.05) is 24.5 Å². The lowest BCUT2D eigenvalue weighted by molar-refractivity contribution is 0.475. The first kappa shape index (κ1) is 9.65. The Labute approximate surface area is 88.5 Å². The van der Waals surface area contributed by atoms with Crippen molar-refractivity contribution in [2.24, 2.45) is 0 Å². The van der Waals surface area contributed by atoms with Crippen LogP contribution < -0.4 is 0 Å². The number of phenols is 1. The van der Waals surface area contributed by atoms with Crippen LogP contribution >= 0.6 is 0 Å². The molecule has 0 saturated carbocycles. The standard InChI is InChI=1S/C12H12N2O/c15-12-5-3-10(4-6-12)1-2-11-7-13-9-14-8-11/h3-9,15H,1-2H2. The van der Waals surface area contributed by atoms with Gasteiger partial charge in [-0.05, 0) is 36.1 Å². The number of rotatable bonds is 3. The van der Waals surface area contributed by atoms with Crippen LogP contribution in [-0.4, -0.2) is 15.1 Å². The molecule has 0 radical (unpaired) electrons. The Morgan fingerprint density at radius 2 is 1.47 bits per heavy atom. The third-order valence-electron chi connectivity index (χ3n) is 2.25. The third kappa shape index (κ3) is 2.77. The maximum absolute atomic E-state index is 9.12. The Kier molecular flexibility index (Phi) is 2.93. The minimum absolute atomic E-state index is 0.307. The van der Waals surface area contributed by atoms with Crippen molar-refractivity contribution in [1.82, 2.24) is 9.97 Å². The minimum Gasteiger partial charge on any atom is -0.508 e. The maximum atomic E-state index is 9.12. The van der Waals surface area contributed by atoms with Crippen LogP contribution in [0.1, 0.15) is 11.1 Å². The summed E-state index contributed by atoms with van der Waals surface area (Å²) >= 11 is 0. The molecule has 76 valence electrons. The van der Waals surface area contributed by atoms with E-state index in [-0.39, 0.29) is 0 Å². The fraction of sp³-hybridized carbons (Fsp3) is 0.167. The van der Waals surface area contributed by atoms with Crippen molar-refractivity contribution in [2.45, 2.75) is 12.8 Å². The summed E-state index contributed by atoms with van der Waals surface area (Å²) in [5, 5.41) is 9.12. The van der Waals surface area contributed by atoms with Gasteiger partial charge in [-0.1, -0.05) is 12.1 Å². The van der Waals surface area contributed by atoms with E-state index >= 15 is 0 Å². The summed E-state index contributed by atoms with van der Waals surface area (Å²) in [4.78, 5) is 7.92. The fourth-order valence-corrected chi connectivity index (χ4v) is 1.41. The van der Waals surface area contributed by atoms with Crippen LogP contribution in [0.15, 0.2) is 43.0 Å². The predicted octanol–water partition coefficient (Wildman–Crippen LogP) is 1.97. The normalized spacial score (nSPS) is 10.1. The van der Waals surface area contributed by atoms with Gasteiger partial charge < -0.3 is 5.11 Å². The molecule has 0 saturated heterocycles. The second kappa shape index (κ2) is 4.55. The van der Waals surface area contributed by atoms with Gasteiger partial charge in [0.05, 0.1) is 0 Å². The first-order chi connectivity index (χ1) is 7.34. The number of aromatic hydroxyl groups is 1. The predicted molar refractivity (Wildman–Crippen MR) is 57.5 cm³/mol. The molecule has 0 spiro atoms. The lowest BCUT2D eigenvalue weighted by Gasteiger charge is -2.01. The molecule has 0 aliphatic rings. The van der Waals surface area contributed by atoms with Crippen molar-refractivity contribution < 1.29 is 5.11 Å². The first-order valence-electron chi connectivity index (χ1n) is 4.86. The van der Waals surface area contributed by atoms with Gasteiger partial charge in [-0.2, -0.15) is 0 Å². The van der Waals surface area contributed by atoms with Crippen molar-refractivity contribution in [3.63, 3.8) is 0 Å². The Hall–Kier alpha value is -1.90. The number of hydrogen-bond donors (Lipinski definition) is 1. The molecule has 0 bridgehead atoms.